The Labute approximate surface area is 209 Å². The number of ether oxygens (including phenoxy) is 1. The predicted molar refractivity (Wildman–Crippen MR) is 144 cm³/mol. The maximum atomic E-state index is 6.66. The molecule has 0 amide bonds. The monoisotopic (exact) mass is 477 g/mol. The fourth-order valence-corrected chi connectivity index (χ4v) is 5.90. The van der Waals surface area contributed by atoms with Gasteiger partial charge in [-0.15, -0.1) is 11.3 Å². The summed E-state index contributed by atoms with van der Waals surface area (Å²) >= 11 is 1.78. The first-order valence-corrected chi connectivity index (χ1v) is 13.4. The maximum absolute atomic E-state index is 6.66. The molecule has 1 unspecified atom stereocenters. The zero-order valence-corrected chi connectivity index (χ0v) is 21.7. The molecule has 0 aliphatic carbocycles. The zero-order valence-electron chi connectivity index (χ0n) is 20.9. The van der Waals surface area contributed by atoms with Crippen molar-refractivity contribution in [2.45, 2.75) is 44.4 Å². The first-order chi connectivity index (χ1) is 16.6. The first-order valence-electron chi connectivity index (χ1n) is 12.6. The number of nitrogens with one attached hydrogen (secondary N) is 1. The van der Waals surface area contributed by atoms with Crippen molar-refractivity contribution in [2.75, 3.05) is 40.3 Å². The molecule has 1 aromatic heterocycles. The van der Waals surface area contributed by atoms with Crippen molar-refractivity contribution < 1.29 is 4.74 Å². The maximum Gasteiger partial charge on any atom is 0.134 e. The number of para-hydroxylation sites is 1. The molecule has 1 aliphatic heterocycles. The molecule has 2 aromatic carbocycles. The molecule has 1 atom stereocenters. The summed E-state index contributed by atoms with van der Waals surface area (Å²) in [6, 6.07) is 23.9. The molecule has 4 rings (SSSR count). The Morgan fingerprint density at radius 2 is 1.74 bits per heavy atom. The van der Waals surface area contributed by atoms with Gasteiger partial charge in [0.05, 0.1) is 0 Å². The van der Waals surface area contributed by atoms with E-state index in [1.807, 2.05) is 0 Å². The van der Waals surface area contributed by atoms with Crippen LogP contribution in [0.1, 0.15) is 48.3 Å². The normalized spacial score (nSPS) is 17.1. The van der Waals surface area contributed by atoms with Gasteiger partial charge in [0.15, 0.2) is 0 Å². The van der Waals surface area contributed by atoms with E-state index >= 15 is 0 Å². The topological polar surface area (TPSA) is 27.7 Å². The van der Waals surface area contributed by atoms with Crippen LogP contribution in [0.2, 0.25) is 0 Å². The van der Waals surface area contributed by atoms with Gasteiger partial charge in [0.25, 0.3) is 0 Å². The van der Waals surface area contributed by atoms with E-state index in [9.17, 15) is 0 Å². The third-order valence-corrected chi connectivity index (χ3v) is 8.14. The van der Waals surface area contributed by atoms with Crippen molar-refractivity contribution in [1.29, 1.82) is 0 Å². The van der Waals surface area contributed by atoms with Crippen molar-refractivity contribution >= 4 is 11.3 Å². The molecular weight excluding hydrogens is 438 g/mol. The molecule has 4 nitrogen and oxygen atoms in total. The summed E-state index contributed by atoms with van der Waals surface area (Å²) in [4.78, 5) is 6.31. The van der Waals surface area contributed by atoms with E-state index in [1.54, 1.807) is 11.3 Å². The minimum Gasteiger partial charge on any atom is -0.485 e. The Bertz CT molecular complexity index is 982. The Balaban J connectivity index is 1.44. The summed E-state index contributed by atoms with van der Waals surface area (Å²) in [5.74, 6) is 1.02. The highest BCUT2D eigenvalue weighted by Crippen LogP contribution is 2.38. The molecule has 34 heavy (non-hydrogen) atoms. The van der Waals surface area contributed by atoms with Gasteiger partial charge in [-0.25, -0.2) is 0 Å². The SMILES string of the molecule is CCNCCC(Oc1ccccc1CN1CCC(c2ccccc2)(N(C)C)CC1)c1cccs1. The molecule has 0 radical (unpaired) electrons. The fourth-order valence-electron chi connectivity index (χ4n) is 5.11. The summed E-state index contributed by atoms with van der Waals surface area (Å²) in [7, 11) is 4.45. The van der Waals surface area contributed by atoms with E-state index < -0.39 is 0 Å². The van der Waals surface area contributed by atoms with Gasteiger partial charge in [-0.3, -0.25) is 9.80 Å². The molecule has 0 saturated carbocycles. The highest BCUT2D eigenvalue weighted by molar-refractivity contribution is 7.10. The summed E-state index contributed by atoms with van der Waals surface area (Å²) in [6.07, 6.45) is 3.32. The van der Waals surface area contributed by atoms with Gasteiger partial charge in [0, 0.05) is 42.0 Å². The molecular formula is C29H39N3OS. The number of rotatable bonds is 11. The smallest absolute Gasteiger partial charge is 0.134 e. The minimum absolute atomic E-state index is 0.0843. The van der Waals surface area contributed by atoms with Crippen LogP contribution in [0.5, 0.6) is 5.75 Å². The summed E-state index contributed by atoms with van der Waals surface area (Å²) in [6.45, 7) is 7.18. The van der Waals surface area contributed by atoms with Gasteiger partial charge in [-0.1, -0.05) is 61.5 Å². The molecule has 0 spiro atoms. The fraction of sp³-hybridized carbons (Fsp3) is 0.448. The van der Waals surface area contributed by atoms with Crippen LogP contribution in [0, 0.1) is 0 Å². The van der Waals surface area contributed by atoms with E-state index in [0.717, 1.165) is 57.7 Å². The minimum atomic E-state index is 0.0843. The number of likely N-dealkylation sites (tertiary alicyclic amines) is 1. The number of hydrogen-bond donors (Lipinski definition) is 1. The van der Waals surface area contributed by atoms with Crippen molar-refractivity contribution in [3.05, 3.63) is 88.1 Å². The molecule has 2 heterocycles. The average molecular weight is 478 g/mol. The summed E-state index contributed by atoms with van der Waals surface area (Å²) in [5.41, 5.74) is 2.83. The van der Waals surface area contributed by atoms with Crippen LogP contribution >= 0.6 is 11.3 Å². The highest BCUT2D eigenvalue weighted by Gasteiger charge is 2.38. The van der Waals surface area contributed by atoms with Gasteiger partial charge in [0.2, 0.25) is 0 Å². The molecule has 1 aliphatic rings. The Morgan fingerprint density at radius 1 is 1.00 bits per heavy atom. The Morgan fingerprint density at radius 3 is 2.41 bits per heavy atom. The molecule has 1 saturated heterocycles. The second-order valence-electron chi connectivity index (χ2n) is 9.44. The van der Waals surface area contributed by atoms with Crippen LogP contribution in [0.4, 0.5) is 0 Å². The lowest BCUT2D eigenvalue weighted by molar-refractivity contribution is 0.0501. The average Bonchev–Trinajstić information content (AvgIpc) is 3.40. The number of thiophene rings is 1. The molecule has 1 N–H and O–H groups in total. The van der Waals surface area contributed by atoms with Gasteiger partial charge in [-0.2, -0.15) is 0 Å². The lowest BCUT2D eigenvalue weighted by Gasteiger charge is -2.46. The van der Waals surface area contributed by atoms with Crippen molar-refractivity contribution in [1.82, 2.24) is 15.1 Å². The molecule has 0 bridgehead atoms. The van der Waals surface area contributed by atoms with Crippen LogP contribution in [0.25, 0.3) is 0 Å². The second-order valence-corrected chi connectivity index (χ2v) is 10.4. The lowest BCUT2D eigenvalue weighted by atomic mass is 9.79. The van der Waals surface area contributed by atoms with E-state index in [4.69, 9.17) is 4.74 Å². The molecule has 5 heteroatoms. The zero-order chi connectivity index (χ0) is 23.8. The van der Waals surface area contributed by atoms with Crippen molar-refractivity contribution in [3.63, 3.8) is 0 Å². The van der Waals surface area contributed by atoms with Crippen LogP contribution in [-0.2, 0) is 12.1 Å². The second kappa shape index (κ2) is 12.0. The number of benzene rings is 2. The largest absolute Gasteiger partial charge is 0.485 e. The van der Waals surface area contributed by atoms with Gasteiger partial charge in [0.1, 0.15) is 11.9 Å². The molecule has 3 aromatic rings. The Kier molecular flexibility index (Phi) is 8.79. The van der Waals surface area contributed by atoms with E-state index in [2.05, 4.69) is 108 Å². The third-order valence-electron chi connectivity index (χ3n) is 7.18. The standard InChI is InChI=1S/C29H39N3OS/c1-4-30-19-16-27(28-15-10-22-34-28)33-26-14-9-8-11-24(26)23-32-20-17-29(18-21-32,31(2)3)25-12-6-5-7-13-25/h5-15,22,27,30H,4,16-21,23H2,1-3H3. The quantitative estimate of drug-likeness (QED) is 0.347. The van der Waals surface area contributed by atoms with E-state index in [0.29, 0.717) is 0 Å². The van der Waals surface area contributed by atoms with E-state index in [-0.39, 0.29) is 11.6 Å². The summed E-state index contributed by atoms with van der Waals surface area (Å²) in [5, 5.41) is 5.59. The van der Waals surface area contributed by atoms with E-state index in [1.165, 1.54) is 16.0 Å². The van der Waals surface area contributed by atoms with Crippen molar-refractivity contribution in [3.8, 4) is 5.75 Å². The first kappa shape index (κ1) is 24.9. The van der Waals surface area contributed by atoms with Gasteiger partial charge in [-0.05, 0) is 63.1 Å². The van der Waals surface area contributed by atoms with Crippen LogP contribution in [0.15, 0.2) is 72.1 Å². The molecule has 182 valence electrons. The van der Waals surface area contributed by atoms with Gasteiger partial charge >= 0.3 is 0 Å². The predicted octanol–water partition coefficient (Wildman–Crippen LogP) is 5.92. The lowest BCUT2D eigenvalue weighted by Crippen LogP contribution is -2.50. The van der Waals surface area contributed by atoms with Crippen molar-refractivity contribution in [2.24, 2.45) is 0 Å². The summed E-state index contributed by atoms with van der Waals surface area (Å²) < 4.78 is 6.66. The Hall–Kier alpha value is -2.18. The van der Waals surface area contributed by atoms with Crippen LogP contribution in [0.3, 0.4) is 0 Å². The number of hydrogen-bond acceptors (Lipinski definition) is 5. The van der Waals surface area contributed by atoms with Crippen LogP contribution in [-0.4, -0.2) is 50.1 Å². The van der Waals surface area contributed by atoms with Gasteiger partial charge < -0.3 is 10.1 Å². The number of nitrogens with zero attached hydrogens (tertiary/aromatic N) is 2. The molecule has 1 fully saturated rings. The highest BCUT2D eigenvalue weighted by atomic mass is 32.1. The number of piperidine rings is 1. The third kappa shape index (κ3) is 5.89. The van der Waals surface area contributed by atoms with Crippen LogP contribution < -0.4 is 10.1 Å².